The van der Waals surface area contributed by atoms with Gasteiger partial charge in [-0.3, -0.25) is 14.8 Å². The molecule has 0 aliphatic heterocycles. The van der Waals surface area contributed by atoms with E-state index >= 15 is 0 Å². The van der Waals surface area contributed by atoms with Crippen molar-refractivity contribution in [2.45, 2.75) is 25.2 Å². The number of anilines is 2. The van der Waals surface area contributed by atoms with Crippen LogP contribution in [0, 0.1) is 11.3 Å². The first-order chi connectivity index (χ1) is 12.9. The van der Waals surface area contributed by atoms with Gasteiger partial charge >= 0.3 is 12.3 Å². The maximum absolute atomic E-state index is 13.0. The van der Waals surface area contributed by atoms with Gasteiger partial charge in [0.05, 0.1) is 35.6 Å². The number of nitrogens with one attached hydrogen (secondary N) is 2. The van der Waals surface area contributed by atoms with Crippen LogP contribution in [0.1, 0.15) is 18.1 Å². The number of hydrogen-bond donors (Lipinski definition) is 4. The number of carbonyl (C=O) groups is 2. The van der Waals surface area contributed by atoms with E-state index in [9.17, 15) is 27.9 Å². The lowest BCUT2D eigenvalue weighted by Gasteiger charge is -2.22. The zero-order valence-corrected chi connectivity index (χ0v) is 14.3. The molecule has 1 aromatic heterocycles. The van der Waals surface area contributed by atoms with Gasteiger partial charge in [-0.25, -0.2) is 4.79 Å². The SMILES string of the molecule is C[C@](O)(Cn1cc(NC(=O)O)cn1)C(=O)Nc1ccc(C#N)c(C(F)(F)F)c1. The molecule has 28 heavy (non-hydrogen) atoms. The lowest BCUT2D eigenvalue weighted by Crippen LogP contribution is -2.43. The van der Waals surface area contributed by atoms with Gasteiger partial charge in [-0.15, -0.1) is 0 Å². The Morgan fingerprint density at radius 3 is 2.54 bits per heavy atom. The van der Waals surface area contributed by atoms with E-state index in [2.05, 4.69) is 10.4 Å². The molecule has 12 heteroatoms. The minimum absolute atomic E-state index is 0.102. The molecular formula is C16H14F3N5O4. The molecule has 2 aromatic rings. The monoisotopic (exact) mass is 397 g/mol. The summed E-state index contributed by atoms with van der Waals surface area (Å²) >= 11 is 0. The molecule has 0 fully saturated rings. The molecule has 0 aliphatic carbocycles. The standard InChI is InChI=1S/C16H14F3N5O4/c1-15(28,8-24-7-11(6-21-24)23-14(26)27)13(25)22-10-3-2-9(5-20)12(4-10)16(17,18)19/h2-4,6-7,23,28H,8H2,1H3,(H,22,25)(H,26,27)/t15-/m0/s1. The van der Waals surface area contributed by atoms with Crippen LogP contribution in [-0.4, -0.2) is 37.6 Å². The molecule has 1 atom stereocenters. The Balaban J connectivity index is 2.16. The van der Waals surface area contributed by atoms with Gasteiger partial charge in [-0.05, 0) is 25.1 Å². The Labute approximate surface area is 156 Å². The first-order valence-electron chi connectivity index (χ1n) is 7.60. The Hall–Kier alpha value is -3.59. The van der Waals surface area contributed by atoms with Crippen LogP contribution in [0.2, 0.25) is 0 Å². The van der Waals surface area contributed by atoms with E-state index in [1.54, 1.807) is 0 Å². The van der Waals surface area contributed by atoms with Crippen LogP contribution in [0.4, 0.5) is 29.3 Å². The van der Waals surface area contributed by atoms with E-state index in [1.165, 1.54) is 12.3 Å². The Morgan fingerprint density at radius 1 is 1.29 bits per heavy atom. The number of carbonyl (C=O) groups excluding carboxylic acids is 1. The normalized spacial score (nSPS) is 13.3. The van der Waals surface area contributed by atoms with Gasteiger partial charge in [-0.1, -0.05) is 0 Å². The van der Waals surface area contributed by atoms with Crippen molar-refractivity contribution in [1.29, 1.82) is 5.26 Å². The molecule has 9 nitrogen and oxygen atoms in total. The minimum Gasteiger partial charge on any atom is -0.465 e. The lowest BCUT2D eigenvalue weighted by atomic mass is 10.0. The maximum Gasteiger partial charge on any atom is 0.417 e. The van der Waals surface area contributed by atoms with Crippen molar-refractivity contribution in [3.63, 3.8) is 0 Å². The fourth-order valence-electron chi connectivity index (χ4n) is 2.25. The van der Waals surface area contributed by atoms with Crippen LogP contribution in [-0.2, 0) is 17.5 Å². The average molecular weight is 397 g/mol. The molecule has 0 saturated carbocycles. The van der Waals surface area contributed by atoms with Gasteiger partial charge in [-0.2, -0.15) is 23.5 Å². The highest BCUT2D eigenvalue weighted by molar-refractivity contribution is 5.96. The molecule has 2 amide bonds. The van der Waals surface area contributed by atoms with Crippen molar-refractivity contribution in [3.05, 3.63) is 41.7 Å². The van der Waals surface area contributed by atoms with Crippen molar-refractivity contribution in [2.24, 2.45) is 0 Å². The Kier molecular flexibility index (Phi) is 5.60. The summed E-state index contributed by atoms with van der Waals surface area (Å²) in [4.78, 5) is 22.8. The molecule has 0 spiro atoms. The summed E-state index contributed by atoms with van der Waals surface area (Å²) in [5.41, 5.74) is -4.06. The summed E-state index contributed by atoms with van der Waals surface area (Å²) in [7, 11) is 0. The number of alkyl halides is 3. The molecule has 2 rings (SSSR count). The molecular weight excluding hydrogens is 383 g/mol. The number of aromatic nitrogens is 2. The molecule has 0 radical (unpaired) electrons. The molecule has 0 aliphatic rings. The lowest BCUT2D eigenvalue weighted by molar-refractivity contribution is -0.138. The van der Waals surface area contributed by atoms with Crippen molar-refractivity contribution < 1.29 is 33.0 Å². The third kappa shape index (κ3) is 4.98. The Bertz CT molecular complexity index is 946. The summed E-state index contributed by atoms with van der Waals surface area (Å²) in [5, 5.41) is 35.7. The summed E-state index contributed by atoms with van der Waals surface area (Å²) < 4.78 is 40.1. The van der Waals surface area contributed by atoms with E-state index in [4.69, 9.17) is 10.4 Å². The summed E-state index contributed by atoms with van der Waals surface area (Å²) in [5.74, 6) is -1.02. The predicted octanol–water partition coefficient (Wildman–Crippen LogP) is 2.25. The highest BCUT2D eigenvalue weighted by Gasteiger charge is 2.35. The van der Waals surface area contributed by atoms with Gasteiger partial charge in [0, 0.05) is 11.9 Å². The summed E-state index contributed by atoms with van der Waals surface area (Å²) in [6.45, 7) is 0.713. The first kappa shape index (κ1) is 20.7. The van der Waals surface area contributed by atoms with Crippen molar-refractivity contribution >= 4 is 23.4 Å². The third-order valence-corrected chi connectivity index (χ3v) is 3.55. The highest BCUT2D eigenvalue weighted by atomic mass is 19.4. The second-order valence-electron chi connectivity index (χ2n) is 5.95. The Morgan fingerprint density at radius 2 is 1.96 bits per heavy atom. The number of nitrogens with zero attached hydrogens (tertiary/aromatic N) is 3. The van der Waals surface area contributed by atoms with E-state index in [0.717, 1.165) is 29.9 Å². The number of rotatable bonds is 5. The fraction of sp³-hybridized carbons (Fsp3) is 0.250. The van der Waals surface area contributed by atoms with Gasteiger partial charge in [0.1, 0.15) is 0 Å². The van der Waals surface area contributed by atoms with E-state index in [1.807, 2.05) is 5.32 Å². The first-order valence-corrected chi connectivity index (χ1v) is 7.60. The van der Waals surface area contributed by atoms with Gasteiger partial charge in [0.25, 0.3) is 5.91 Å². The number of hydrogen-bond acceptors (Lipinski definition) is 5. The smallest absolute Gasteiger partial charge is 0.417 e. The van der Waals surface area contributed by atoms with Gasteiger partial charge < -0.3 is 15.5 Å². The van der Waals surface area contributed by atoms with Crippen LogP contribution < -0.4 is 10.6 Å². The topological polar surface area (TPSA) is 140 Å². The summed E-state index contributed by atoms with van der Waals surface area (Å²) in [6, 6.07) is 4.02. The number of nitriles is 1. The quantitative estimate of drug-likeness (QED) is 0.610. The molecule has 0 saturated heterocycles. The van der Waals surface area contributed by atoms with Crippen LogP contribution in [0.15, 0.2) is 30.6 Å². The van der Waals surface area contributed by atoms with Gasteiger partial charge in [0.2, 0.25) is 0 Å². The van der Waals surface area contributed by atoms with Gasteiger partial charge in [0.15, 0.2) is 5.60 Å². The zero-order chi connectivity index (χ0) is 21.1. The number of amides is 2. The van der Waals surface area contributed by atoms with Crippen LogP contribution >= 0.6 is 0 Å². The van der Waals surface area contributed by atoms with Crippen molar-refractivity contribution in [1.82, 2.24) is 9.78 Å². The molecule has 1 heterocycles. The van der Waals surface area contributed by atoms with Crippen LogP contribution in [0.25, 0.3) is 0 Å². The number of aliphatic hydroxyl groups is 1. The van der Waals surface area contributed by atoms with E-state index in [0.29, 0.717) is 6.07 Å². The molecule has 0 unspecified atom stereocenters. The van der Waals surface area contributed by atoms with Crippen LogP contribution in [0.3, 0.4) is 0 Å². The molecule has 4 N–H and O–H groups in total. The van der Waals surface area contributed by atoms with E-state index < -0.39 is 41.4 Å². The number of benzene rings is 1. The van der Waals surface area contributed by atoms with Crippen molar-refractivity contribution in [2.75, 3.05) is 10.6 Å². The predicted molar refractivity (Wildman–Crippen MR) is 89.3 cm³/mol. The fourth-order valence-corrected chi connectivity index (χ4v) is 2.25. The molecule has 148 valence electrons. The third-order valence-electron chi connectivity index (χ3n) is 3.55. The minimum atomic E-state index is -4.79. The second kappa shape index (κ2) is 7.57. The highest BCUT2D eigenvalue weighted by Crippen LogP contribution is 2.33. The van der Waals surface area contributed by atoms with Crippen LogP contribution in [0.5, 0.6) is 0 Å². The second-order valence-corrected chi connectivity index (χ2v) is 5.95. The average Bonchev–Trinajstić information content (AvgIpc) is 2.99. The number of halogens is 3. The largest absolute Gasteiger partial charge is 0.465 e. The maximum atomic E-state index is 13.0. The van der Waals surface area contributed by atoms with E-state index in [-0.39, 0.29) is 11.4 Å². The molecule has 1 aromatic carbocycles. The molecule has 0 bridgehead atoms. The zero-order valence-electron chi connectivity index (χ0n) is 14.3. The number of carboxylic acid groups (broad SMARTS) is 1. The summed E-state index contributed by atoms with van der Waals surface area (Å²) in [6.07, 6.45) is -3.75. The van der Waals surface area contributed by atoms with Crippen molar-refractivity contribution in [3.8, 4) is 6.07 Å².